The third kappa shape index (κ3) is 4.85. The molecule has 0 heterocycles. The molecule has 0 aromatic heterocycles. The van der Waals surface area contributed by atoms with Gasteiger partial charge in [-0.05, 0) is 41.5 Å². The summed E-state index contributed by atoms with van der Waals surface area (Å²) in [4.78, 5) is 10.7. The van der Waals surface area contributed by atoms with Crippen LogP contribution in [0.3, 0.4) is 0 Å². The quantitative estimate of drug-likeness (QED) is 0.907. The molecule has 3 nitrogen and oxygen atoms in total. The van der Waals surface area contributed by atoms with E-state index in [9.17, 15) is 9.00 Å². The van der Waals surface area contributed by atoms with E-state index < -0.39 is 16.8 Å². The SMILES string of the molecule is O=C(O)c1ccc(/C=C/S(=O)Cc2ccc(Cl)cc2)cc1. The minimum Gasteiger partial charge on any atom is -0.478 e. The molecule has 1 atom stereocenters. The molecule has 2 aromatic rings. The van der Waals surface area contributed by atoms with Crippen LogP contribution in [0.5, 0.6) is 0 Å². The Morgan fingerprint density at radius 2 is 1.71 bits per heavy atom. The average Bonchev–Trinajstić information content (AvgIpc) is 2.48. The van der Waals surface area contributed by atoms with Gasteiger partial charge in [-0.1, -0.05) is 35.9 Å². The van der Waals surface area contributed by atoms with E-state index in [1.807, 2.05) is 12.1 Å². The Morgan fingerprint density at radius 1 is 1.10 bits per heavy atom. The summed E-state index contributed by atoms with van der Waals surface area (Å²) < 4.78 is 11.9. The second-order valence-corrected chi connectivity index (χ2v) is 6.14. The lowest BCUT2D eigenvalue weighted by Crippen LogP contribution is -1.95. The predicted octanol–water partition coefficient (Wildman–Crippen LogP) is 3.96. The molecule has 0 fully saturated rings. The molecule has 1 N–H and O–H groups in total. The summed E-state index contributed by atoms with van der Waals surface area (Å²) in [5.74, 6) is -0.544. The highest BCUT2D eigenvalue weighted by molar-refractivity contribution is 7.87. The fourth-order valence-corrected chi connectivity index (χ4v) is 2.74. The van der Waals surface area contributed by atoms with Crippen molar-refractivity contribution in [2.45, 2.75) is 5.75 Å². The molecule has 0 aliphatic heterocycles. The minimum atomic E-state index is -1.13. The second-order valence-electron chi connectivity index (χ2n) is 4.38. The summed E-state index contributed by atoms with van der Waals surface area (Å²) in [5, 5.41) is 11.1. The molecule has 0 bridgehead atoms. The van der Waals surface area contributed by atoms with Gasteiger partial charge in [0, 0.05) is 10.4 Å². The number of rotatable bonds is 5. The Labute approximate surface area is 130 Å². The molecule has 0 spiro atoms. The van der Waals surface area contributed by atoms with Crippen LogP contribution >= 0.6 is 11.6 Å². The lowest BCUT2D eigenvalue weighted by Gasteiger charge is -1.99. The third-order valence-electron chi connectivity index (χ3n) is 2.79. The van der Waals surface area contributed by atoms with Gasteiger partial charge in [0.25, 0.3) is 0 Å². The van der Waals surface area contributed by atoms with Crippen molar-refractivity contribution in [2.75, 3.05) is 0 Å². The van der Waals surface area contributed by atoms with Crippen molar-refractivity contribution in [3.63, 3.8) is 0 Å². The number of carboxylic acids is 1. The van der Waals surface area contributed by atoms with E-state index in [0.717, 1.165) is 11.1 Å². The van der Waals surface area contributed by atoms with Gasteiger partial charge >= 0.3 is 5.97 Å². The summed E-state index contributed by atoms with van der Waals surface area (Å²) in [5.41, 5.74) is 1.99. The average molecular weight is 321 g/mol. The Kier molecular flexibility index (Phi) is 5.31. The molecule has 0 aliphatic rings. The van der Waals surface area contributed by atoms with E-state index in [1.54, 1.807) is 35.7 Å². The van der Waals surface area contributed by atoms with Gasteiger partial charge in [-0.25, -0.2) is 4.79 Å². The Balaban J connectivity index is 1.98. The molecule has 21 heavy (non-hydrogen) atoms. The van der Waals surface area contributed by atoms with E-state index in [2.05, 4.69) is 0 Å². The summed E-state index contributed by atoms with van der Waals surface area (Å²) in [7, 11) is -1.13. The van der Waals surface area contributed by atoms with Crippen molar-refractivity contribution in [2.24, 2.45) is 0 Å². The van der Waals surface area contributed by atoms with Gasteiger partial charge in [-0.15, -0.1) is 0 Å². The van der Waals surface area contributed by atoms with Crippen molar-refractivity contribution in [3.8, 4) is 0 Å². The van der Waals surface area contributed by atoms with Crippen LogP contribution in [-0.2, 0) is 16.6 Å². The number of benzene rings is 2. The van der Waals surface area contributed by atoms with Crippen LogP contribution in [0.2, 0.25) is 5.02 Å². The monoisotopic (exact) mass is 320 g/mol. The molecule has 5 heteroatoms. The number of aromatic carboxylic acids is 1. The lowest BCUT2D eigenvalue weighted by atomic mass is 10.1. The Bertz CT molecular complexity index is 676. The maximum Gasteiger partial charge on any atom is 0.335 e. The molecule has 0 aliphatic carbocycles. The normalized spacial score (nSPS) is 12.4. The second kappa shape index (κ2) is 7.20. The van der Waals surface area contributed by atoms with Gasteiger partial charge in [0.1, 0.15) is 0 Å². The maximum absolute atomic E-state index is 11.9. The van der Waals surface area contributed by atoms with E-state index in [-0.39, 0.29) is 5.56 Å². The third-order valence-corrected chi connectivity index (χ3v) is 4.10. The molecule has 0 saturated heterocycles. The van der Waals surface area contributed by atoms with Crippen LogP contribution in [0.15, 0.2) is 53.9 Å². The molecule has 0 amide bonds. The van der Waals surface area contributed by atoms with Crippen molar-refractivity contribution in [3.05, 3.63) is 75.7 Å². The van der Waals surface area contributed by atoms with Crippen molar-refractivity contribution in [1.82, 2.24) is 0 Å². The van der Waals surface area contributed by atoms with Gasteiger partial charge in [0.15, 0.2) is 0 Å². The van der Waals surface area contributed by atoms with Gasteiger partial charge in [0.2, 0.25) is 0 Å². The van der Waals surface area contributed by atoms with E-state index in [1.165, 1.54) is 12.1 Å². The predicted molar refractivity (Wildman–Crippen MR) is 85.7 cm³/mol. The number of halogens is 1. The first-order valence-electron chi connectivity index (χ1n) is 6.18. The summed E-state index contributed by atoms with van der Waals surface area (Å²) in [6.07, 6.45) is 1.72. The van der Waals surface area contributed by atoms with Crippen molar-refractivity contribution < 1.29 is 14.1 Å². The van der Waals surface area contributed by atoms with E-state index in [4.69, 9.17) is 16.7 Å². The first kappa shape index (κ1) is 15.5. The fraction of sp³-hybridized carbons (Fsp3) is 0.0625. The lowest BCUT2D eigenvalue weighted by molar-refractivity contribution is 0.0697. The van der Waals surface area contributed by atoms with E-state index >= 15 is 0 Å². The van der Waals surface area contributed by atoms with E-state index in [0.29, 0.717) is 10.8 Å². The van der Waals surface area contributed by atoms with Crippen LogP contribution in [-0.4, -0.2) is 15.3 Å². The minimum absolute atomic E-state index is 0.231. The van der Waals surface area contributed by atoms with Gasteiger partial charge in [-0.3, -0.25) is 4.21 Å². The zero-order valence-corrected chi connectivity index (χ0v) is 12.6. The smallest absolute Gasteiger partial charge is 0.335 e. The maximum atomic E-state index is 11.9. The summed E-state index contributed by atoms with van der Waals surface area (Å²) in [6.45, 7) is 0. The highest BCUT2D eigenvalue weighted by atomic mass is 35.5. The molecular weight excluding hydrogens is 308 g/mol. The largest absolute Gasteiger partial charge is 0.478 e. The van der Waals surface area contributed by atoms with Crippen molar-refractivity contribution in [1.29, 1.82) is 0 Å². The van der Waals surface area contributed by atoms with Crippen LogP contribution in [0.25, 0.3) is 6.08 Å². The Hall–Kier alpha value is -1.91. The van der Waals surface area contributed by atoms with Gasteiger partial charge < -0.3 is 5.11 Å². The highest BCUT2D eigenvalue weighted by Crippen LogP contribution is 2.12. The number of carboxylic acid groups (broad SMARTS) is 1. The highest BCUT2D eigenvalue weighted by Gasteiger charge is 2.01. The van der Waals surface area contributed by atoms with Gasteiger partial charge in [-0.2, -0.15) is 0 Å². The first-order valence-corrected chi connectivity index (χ1v) is 7.94. The summed E-state index contributed by atoms with van der Waals surface area (Å²) in [6, 6.07) is 13.6. The molecule has 1 unspecified atom stereocenters. The molecular formula is C16H13ClO3S. The summed E-state index contributed by atoms with van der Waals surface area (Å²) >= 11 is 5.79. The molecule has 108 valence electrons. The molecule has 0 saturated carbocycles. The molecule has 0 radical (unpaired) electrons. The molecule has 2 rings (SSSR count). The van der Waals surface area contributed by atoms with Gasteiger partial charge in [0.05, 0.1) is 22.1 Å². The topological polar surface area (TPSA) is 54.4 Å². The van der Waals surface area contributed by atoms with Crippen molar-refractivity contribution >= 4 is 34.4 Å². The zero-order valence-electron chi connectivity index (χ0n) is 11.0. The molecule has 2 aromatic carbocycles. The first-order chi connectivity index (χ1) is 10.0. The Morgan fingerprint density at radius 3 is 2.29 bits per heavy atom. The number of carbonyl (C=O) groups is 1. The van der Waals surface area contributed by atoms with Crippen LogP contribution in [0, 0.1) is 0 Å². The fourth-order valence-electron chi connectivity index (χ4n) is 1.68. The number of hydrogen-bond acceptors (Lipinski definition) is 2. The van der Waals surface area contributed by atoms with Crippen LogP contribution in [0.4, 0.5) is 0 Å². The van der Waals surface area contributed by atoms with Crippen LogP contribution < -0.4 is 0 Å². The number of hydrogen-bond donors (Lipinski definition) is 1. The van der Waals surface area contributed by atoms with Crippen LogP contribution in [0.1, 0.15) is 21.5 Å². The zero-order chi connectivity index (χ0) is 15.2. The standard InChI is InChI=1S/C16H13ClO3S/c17-15-7-3-13(4-8-15)11-21(20)10-9-12-1-5-14(6-2-12)16(18)19/h1-10H,11H2,(H,18,19)/b10-9+.